The fraction of sp³-hybridized carbons (Fsp3) is 0.682. The minimum atomic E-state index is -0.0398. The van der Waals surface area contributed by atoms with Gasteiger partial charge in [-0.15, -0.1) is 0 Å². The van der Waals surface area contributed by atoms with Crippen LogP contribution in [0.1, 0.15) is 61.7 Å². The molecular formula is C22H29N3O2. The van der Waals surface area contributed by atoms with Gasteiger partial charge in [0.05, 0.1) is 5.41 Å². The summed E-state index contributed by atoms with van der Waals surface area (Å²) in [5, 5.41) is 3.13. The molecule has 0 unspecified atom stereocenters. The van der Waals surface area contributed by atoms with Crippen molar-refractivity contribution >= 4 is 11.8 Å². The first-order valence-corrected chi connectivity index (χ1v) is 10.6. The number of nitrogens with zero attached hydrogens (tertiary/aromatic N) is 2. The average Bonchev–Trinajstić information content (AvgIpc) is 2.68. The summed E-state index contributed by atoms with van der Waals surface area (Å²) in [4.78, 5) is 31.8. The molecule has 5 aliphatic rings. The Morgan fingerprint density at radius 2 is 1.52 bits per heavy atom. The quantitative estimate of drug-likeness (QED) is 0.893. The largest absolute Gasteiger partial charge is 0.349 e. The zero-order valence-electron chi connectivity index (χ0n) is 15.9. The molecule has 0 atom stereocenters. The van der Waals surface area contributed by atoms with Crippen molar-refractivity contribution in [3.8, 4) is 0 Å². The minimum absolute atomic E-state index is 0.0386. The summed E-state index contributed by atoms with van der Waals surface area (Å²) in [6.07, 6.45) is 12.5. The molecule has 2 heterocycles. The highest BCUT2D eigenvalue weighted by Gasteiger charge is 2.55. The number of pyridine rings is 1. The summed E-state index contributed by atoms with van der Waals surface area (Å²) in [5.74, 6) is 2.80. The Bertz CT molecular complexity index is 689. The molecule has 4 bridgehead atoms. The van der Waals surface area contributed by atoms with Crippen molar-refractivity contribution in [3.05, 3.63) is 30.1 Å². The molecule has 0 radical (unpaired) electrons. The van der Waals surface area contributed by atoms with Crippen LogP contribution in [0, 0.1) is 23.2 Å². The summed E-state index contributed by atoms with van der Waals surface area (Å²) in [5.41, 5.74) is 0.610. The molecule has 27 heavy (non-hydrogen) atoms. The smallest absolute Gasteiger partial charge is 0.251 e. The van der Waals surface area contributed by atoms with Crippen LogP contribution in [0.15, 0.2) is 24.5 Å². The molecule has 4 saturated carbocycles. The normalized spacial score (nSPS) is 35.3. The van der Waals surface area contributed by atoms with Gasteiger partial charge in [-0.1, -0.05) is 0 Å². The molecule has 1 aromatic heterocycles. The van der Waals surface area contributed by atoms with Crippen LogP contribution >= 0.6 is 0 Å². The lowest BCUT2D eigenvalue weighted by Gasteiger charge is -2.57. The number of piperidine rings is 1. The Morgan fingerprint density at radius 1 is 0.963 bits per heavy atom. The molecule has 5 nitrogen and oxygen atoms in total. The molecule has 1 N–H and O–H groups in total. The van der Waals surface area contributed by atoms with Crippen LogP contribution in [-0.4, -0.2) is 40.8 Å². The molecule has 4 aliphatic carbocycles. The van der Waals surface area contributed by atoms with E-state index in [2.05, 4.69) is 15.2 Å². The molecule has 2 amide bonds. The number of carbonyl (C=O) groups excluding carboxylic acids is 2. The highest BCUT2D eigenvalue weighted by atomic mass is 16.2. The second-order valence-corrected chi connectivity index (χ2v) is 9.47. The standard InChI is InChI=1S/C22H29N3O2/c26-20(18-1-5-23-6-2-18)24-19-3-7-25(8-4-19)21(27)22-12-15-9-16(13-22)11-17(10-15)14-22/h1-2,5-6,15-17,19H,3-4,7-14H2,(H,24,26). The summed E-state index contributed by atoms with van der Waals surface area (Å²) in [6.45, 7) is 1.56. The van der Waals surface area contributed by atoms with Crippen LogP contribution in [0.3, 0.4) is 0 Å². The molecule has 0 aromatic carbocycles. The summed E-state index contributed by atoms with van der Waals surface area (Å²) in [6, 6.07) is 3.63. The molecule has 1 saturated heterocycles. The van der Waals surface area contributed by atoms with E-state index < -0.39 is 0 Å². The van der Waals surface area contributed by atoms with Crippen LogP contribution < -0.4 is 5.32 Å². The van der Waals surface area contributed by atoms with E-state index in [1.807, 2.05) is 0 Å². The number of hydrogen-bond acceptors (Lipinski definition) is 3. The molecule has 6 rings (SSSR count). The number of hydrogen-bond donors (Lipinski definition) is 1. The maximum Gasteiger partial charge on any atom is 0.251 e. The fourth-order valence-electron chi connectivity index (χ4n) is 6.71. The second kappa shape index (κ2) is 6.61. The lowest BCUT2D eigenvalue weighted by atomic mass is 9.49. The van der Waals surface area contributed by atoms with E-state index in [-0.39, 0.29) is 17.4 Å². The van der Waals surface area contributed by atoms with Gasteiger partial charge in [-0.05, 0) is 81.3 Å². The molecule has 5 fully saturated rings. The summed E-state index contributed by atoms with van der Waals surface area (Å²) in [7, 11) is 0. The lowest BCUT2D eigenvalue weighted by molar-refractivity contribution is -0.158. The van der Waals surface area contributed by atoms with Crippen LogP contribution in [0.25, 0.3) is 0 Å². The maximum absolute atomic E-state index is 13.4. The Labute approximate surface area is 160 Å². The second-order valence-electron chi connectivity index (χ2n) is 9.47. The van der Waals surface area contributed by atoms with Crippen molar-refractivity contribution < 1.29 is 9.59 Å². The van der Waals surface area contributed by atoms with Gasteiger partial charge in [0.25, 0.3) is 5.91 Å². The van der Waals surface area contributed by atoms with Gasteiger partial charge in [0.2, 0.25) is 5.91 Å². The first-order valence-electron chi connectivity index (χ1n) is 10.6. The molecule has 5 heteroatoms. The molecule has 1 aliphatic heterocycles. The lowest BCUT2D eigenvalue weighted by Crippen LogP contribution is -2.56. The van der Waals surface area contributed by atoms with Gasteiger partial charge in [-0.2, -0.15) is 0 Å². The van der Waals surface area contributed by atoms with E-state index in [1.54, 1.807) is 24.5 Å². The monoisotopic (exact) mass is 367 g/mol. The minimum Gasteiger partial charge on any atom is -0.349 e. The van der Waals surface area contributed by atoms with Crippen LogP contribution in [-0.2, 0) is 4.79 Å². The predicted molar refractivity (Wildman–Crippen MR) is 102 cm³/mol. The van der Waals surface area contributed by atoms with Crippen LogP contribution in [0.5, 0.6) is 0 Å². The van der Waals surface area contributed by atoms with Crippen molar-refractivity contribution in [2.24, 2.45) is 23.2 Å². The van der Waals surface area contributed by atoms with Crippen LogP contribution in [0.4, 0.5) is 0 Å². The first kappa shape index (κ1) is 17.2. The van der Waals surface area contributed by atoms with Crippen molar-refractivity contribution in [2.45, 2.75) is 57.4 Å². The van der Waals surface area contributed by atoms with E-state index in [1.165, 1.54) is 19.3 Å². The number of aromatic nitrogens is 1. The van der Waals surface area contributed by atoms with Gasteiger partial charge in [0.15, 0.2) is 0 Å². The Kier molecular flexibility index (Phi) is 4.21. The van der Waals surface area contributed by atoms with E-state index in [9.17, 15) is 9.59 Å². The molecule has 144 valence electrons. The maximum atomic E-state index is 13.4. The third kappa shape index (κ3) is 3.15. The summed E-state index contributed by atoms with van der Waals surface area (Å²) < 4.78 is 0. The number of amides is 2. The van der Waals surface area contributed by atoms with Gasteiger partial charge in [0, 0.05) is 37.1 Å². The van der Waals surface area contributed by atoms with Gasteiger partial charge in [-0.25, -0.2) is 0 Å². The van der Waals surface area contributed by atoms with Crippen LogP contribution in [0.2, 0.25) is 0 Å². The summed E-state index contributed by atoms with van der Waals surface area (Å²) >= 11 is 0. The molecular weight excluding hydrogens is 338 g/mol. The van der Waals surface area contributed by atoms with Crippen molar-refractivity contribution in [1.29, 1.82) is 0 Å². The first-order chi connectivity index (χ1) is 13.1. The van der Waals surface area contributed by atoms with Crippen molar-refractivity contribution in [1.82, 2.24) is 15.2 Å². The molecule has 1 aromatic rings. The fourth-order valence-corrected chi connectivity index (χ4v) is 6.71. The third-order valence-electron chi connectivity index (χ3n) is 7.55. The number of carbonyl (C=O) groups is 2. The van der Waals surface area contributed by atoms with Gasteiger partial charge in [0.1, 0.15) is 0 Å². The SMILES string of the molecule is O=C(NC1CCN(C(=O)C23CC4CC(CC(C4)C2)C3)CC1)c1ccncc1. The predicted octanol–water partition coefficient (Wildman–Crippen LogP) is 3.02. The highest BCUT2D eigenvalue weighted by molar-refractivity contribution is 5.94. The highest BCUT2D eigenvalue weighted by Crippen LogP contribution is 2.60. The van der Waals surface area contributed by atoms with Crippen molar-refractivity contribution in [3.63, 3.8) is 0 Å². The number of likely N-dealkylation sites (tertiary alicyclic amines) is 1. The average molecular weight is 367 g/mol. The van der Waals surface area contributed by atoms with E-state index in [4.69, 9.17) is 0 Å². The van der Waals surface area contributed by atoms with E-state index >= 15 is 0 Å². The Balaban J connectivity index is 1.19. The Hall–Kier alpha value is -1.91. The van der Waals surface area contributed by atoms with E-state index in [0.29, 0.717) is 11.5 Å². The van der Waals surface area contributed by atoms with Gasteiger partial charge in [-0.3, -0.25) is 14.6 Å². The third-order valence-corrected chi connectivity index (χ3v) is 7.55. The molecule has 0 spiro atoms. The van der Waals surface area contributed by atoms with Gasteiger partial charge < -0.3 is 10.2 Å². The zero-order chi connectivity index (χ0) is 18.4. The van der Waals surface area contributed by atoms with Crippen molar-refractivity contribution in [2.75, 3.05) is 13.1 Å². The van der Waals surface area contributed by atoms with Gasteiger partial charge >= 0.3 is 0 Å². The Morgan fingerprint density at radius 3 is 2.07 bits per heavy atom. The number of nitrogens with one attached hydrogen (secondary N) is 1. The topological polar surface area (TPSA) is 62.3 Å². The zero-order valence-corrected chi connectivity index (χ0v) is 15.9. The number of rotatable bonds is 3. The van der Waals surface area contributed by atoms with E-state index in [0.717, 1.165) is 62.9 Å².